The normalized spacial score (nSPS) is 19.8. The van der Waals surface area contributed by atoms with Gasteiger partial charge in [-0.2, -0.15) is 0 Å². The Kier molecular flexibility index (Phi) is 9.35. The summed E-state index contributed by atoms with van der Waals surface area (Å²) in [4.78, 5) is 11.7. The van der Waals surface area contributed by atoms with Crippen LogP contribution in [0.3, 0.4) is 0 Å². The zero-order valence-corrected chi connectivity index (χ0v) is 15.7. The smallest absolute Gasteiger partial charge is 0.334 e. The number of carbonyl (C=O) groups is 1. The van der Waals surface area contributed by atoms with E-state index in [1.165, 1.54) is 57.4 Å². The van der Waals surface area contributed by atoms with Crippen LogP contribution in [0.15, 0.2) is 11.8 Å². The molecule has 1 rings (SSSR count). The van der Waals surface area contributed by atoms with Crippen LogP contribution in [0.25, 0.3) is 0 Å². The third kappa shape index (κ3) is 10.4. The molecule has 0 radical (unpaired) electrons. The Bertz CT molecular complexity index is 366. The van der Waals surface area contributed by atoms with Crippen molar-refractivity contribution in [1.29, 1.82) is 0 Å². The number of unbranched alkanes of at least 4 members (excludes halogenated alkanes) is 7. The first kappa shape index (κ1) is 20.1. The van der Waals surface area contributed by atoms with E-state index in [-0.39, 0.29) is 5.97 Å². The molecule has 1 aliphatic heterocycles. The van der Waals surface area contributed by atoms with E-state index in [1.54, 1.807) is 0 Å². The van der Waals surface area contributed by atoms with Crippen molar-refractivity contribution >= 4 is 5.97 Å². The highest BCUT2D eigenvalue weighted by Gasteiger charge is 2.22. The molecule has 0 aromatic rings. The average Bonchev–Trinajstić information content (AvgIpc) is 2.87. The van der Waals surface area contributed by atoms with Gasteiger partial charge in [0.15, 0.2) is 0 Å². The molecule has 3 nitrogen and oxygen atoms in total. The maximum absolute atomic E-state index is 11.7. The summed E-state index contributed by atoms with van der Waals surface area (Å²) in [5.41, 5.74) is -0.441. The maximum Gasteiger partial charge on any atom is 0.334 e. The molecule has 0 N–H and O–H groups in total. The highest BCUT2D eigenvalue weighted by atomic mass is 16.6. The van der Waals surface area contributed by atoms with E-state index >= 15 is 0 Å². The van der Waals surface area contributed by atoms with Crippen LogP contribution in [0, 0.1) is 0 Å². The number of carbonyl (C=O) groups excluding carboxylic acids is 1. The van der Waals surface area contributed by atoms with Gasteiger partial charge in [0, 0.05) is 6.42 Å². The second-order valence-electron chi connectivity index (χ2n) is 7.69. The highest BCUT2D eigenvalue weighted by Crippen LogP contribution is 2.27. The van der Waals surface area contributed by atoms with E-state index in [0.29, 0.717) is 6.10 Å². The van der Waals surface area contributed by atoms with Gasteiger partial charge < -0.3 is 9.47 Å². The van der Waals surface area contributed by atoms with Gasteiger partial charge in [0.2, 0.25) is 0 Å². The summed E-state index contributed by atoms with van der Waals surface area (Å²) in [6.07, 6.45) is 15.6. The van der Waals surface area contributed by atoms with Crippen molar-refractivity contribution in [3.63, 3.8) is 0 Å². The Balaban J connectivity index is 2.09. The summed E-state index contributed by atoms with van der Waals surface area (Å²) in [7, 11) is 0. The van der Waals surface area contributed by atoms with Crippen LogP contribution >= 0.6 is 0 Å². The first-order chi connectivity index (χ1) is 10.9. The molecule has 0 spiro atoms. The quantitative estimate of drug-likeness (QED) is 0.284. The van der Waals surface area contributed by atoms with Gasteiger partial charge in [-0.25, -0.2) is 4.79 Å². The molecule has 1 heterocycles. The van der Waals surface area contributed by atoms with Crippen molar-refractivity contribution < 1.29 is 14.3 Å². The van der Waals surface area contributed by atoms with Crippen molar-refractivity contribution in [2.75, 3.05) is 0 Å². The van der Waals surface area contributed by atoms with E-state index in [2.05, 4.69) is 6.92 Å². The summed E-state index contributed by atoms with van der Waals surface area (Å²) in [5.74, 6) is 0.504. The highest BCUT2D eigenvalue weighted by molar-refractivity contribution is 5.82. The van der Waals surface area contributed by atoms with Crippen molar-refractivity contribution in [2.45, 2.75) is 110 Å². The number of hydrogen-bond acceptors (Lipinski definition) is 3. The lowest BCUT2D eigenvalue weighted by Gasteiger charge is -2.18. The topological polar surface area (TPSA) is 35.5 Å². The van der Waals surface area contributed by atoms with Gasteiger partial charge in [-0.15, -0.1) is 0 Å². The lowest BCUT2D eigenvalue weighted by molar-refractivity contribution is -0.148. The molecular formula is C20H36O3. The van der Waals surface area contributed by atoms with Crippen molar-refractivity contribution in [2.24, 2.45) is 0 Å². The van der Waals surface area contributed by atoms with Crippen LogP contribution in [0.2, 0.25) is 0 Å². The van der Waals surface area contributed by atoms with Gasteiger partial charge in [-0.1, -0.05) is 51.9 Å². The number of rotatable bonds is 10. The molecule has 1 aliphatic rings. The molecule has 1 fully saturated rings. The molecule has 0 aliphatic carbocycles. The Morgan fingerprint density at radius 2 is 1.74 bits per heavy atom. The van der Waals surface area contributed by atoms with E-state index < -0.39 is 5.60 Å². The van der Waals surface area contributed by atoms with Crippen LogP contribution in [-0.2, 0) is 14.3 Å². The molecule has 0 amide bonds. The van der Waals surface area contributed by atoms with E-state index in [0.717, 1.165) is 25.0 Å². The standard InChI is InChI=1S/C20H36O3/c1-5-6-7-8-9-10-11-12-13-17-14-15-18(22-17)16-19(21)23-20(2,3)4/h16-17H,5-15H2,1-4H3/b18-16+. The van der Waals surface area contributed by atoms with E-state index in [1.807, 2.05) is 20.8 Å². The van der Waals surface area contributed by atoms with Crippen molar-refractivity contribution in [3.05, 3.63) is 11.8 Å². The Hall–Kier alpha value is -0.990. The zero-order valence-electron chi connectivity index (χ0n) is 15.7. The van der Waals surface area contributed by atoms with Gasteiger partial charge in [-0.3, -0.25) is 0 Å². The van der Waals surface area contributed by atoms with Gasteiger partial charge >= 0.3 is 5.97 Å². The van der Waals surface area contributed by atoms with Crippen LogP contribution in [0.1, 0.15) is 98.3 Å². The number of allylic oxidation sites excluding steroid dienone is 1. The third-order valence-corrected chi connectivity index (χ3v) is 4.10. The van der Waals surface area contributed by atoms with Gasteiger partial charge in [0.25, 0.3) is 0 Å². The molecular weight excluding hydrogens is 288 g/mol. The Morgan fingerprint density at radius 3 is 2.35 bits per heavy atom. The second-order valence-corrected chi connectivity index (χ2v) is 7.69. The fourth-order valence-electron chi connectivity index (χ4n) is 2.91. The van der Waals surface area contributed by atoms with Gasteiger partial charge in [-0.05, 0) is 40.0 Å². The van der Waals surface area contributed by atoms with E-state index in [9.17, 15) is 4.79 Å². The second kappa shape index (κ2) is 10.7. The summed E-state index contributed by atoms with van der Waals surface area (Å²) >= 11 is 0. The van der Waals surface area contributed by atoms with Crippen molar-refractivity contribution in [1.82, 2.24) is 0 Å². The minimum atomic E-state index is -0.441. The molecule has 0 aromatic heterocycles. The summed E-state index contributed by atoms with van der Waals surface area (Å²) < 4.78 is 11.2. The predicted molar refractivity (Wildman–Crippen MR) is 95.3 cm³/mol. The molecule has 0 bridgehead atoms. The largest absolute Gasteiger partial charge is 0.494 e. The van der Waals surface area contributed by atoms with Gasteiger partial charge in [0.05, 0.1) is 12.2 Å². The number of hydrogen-bond donors (Lipinski definition) is 0. The van der Waals surface area contributed by atoms with Crippen LogP contribution in [0.4, 0.5) is 0 Å². The molecule has 1 atom stereocenters. The SMILES string of the molecule is CCCCCCCCCCC1CC/C(=C\C(=O)OC(C)(C)C)O1. The number of ether oxygens (including phenoxy) is 2. The molecule has 1 saturated heterocycles. The van der Waals surface area contributed by atoms with Crippen LogP contribution in [0.5, 0.6) is 0 Å². The fourth-order valence-corrected chi connectivity index (χ4v) is 2.91. The minimum Gasteiger partial charge on any atom is -0.494 e. The summed E-state index contributed by atoms with van der Waals surface area (Å²) in [6.45, 7) is 7.89. The fraction of sp³-hybridized carbons (Fsp3) is 0.850. The summed E-state index contributed by atoms with van der Waals surface area (Å²) in [5, 5.41) is 0. The third-order valence-electron chi connectivity index (χ3n) is 4.10. The van der Waals surface area contributed by atoms with Crippen molar-refractivity contribution in [3.8, 4) is 0 Å². The monoisotopic (exact) mass is 324 g/mol. The molecule has 0 aromatic carbocycles. The Morgan fingerprint density at radius 1 is 1.13 bits per heavy atom. The molecule has 1 unspecified atom stereocenters. The minimum absolute atomic E-state index is 0.291. The Labute approximate surface area is 142 Å². The lowest BCUT2D eigenvalue weighted by Crippen LogP contribution is -2.22. The van der Waals surface area contributed by atoms with Crippen LogP contribution < -0.4 is 0 Å². The maximum atomic E-state index is 11.7. The van der Waals surface area contributed by atoms with Crippen LogP contribution in [-0.4, -0.2) is 17.7 Å². The number of esters is 1. The van der Waals surface area contributed by atoms with E-state index in [4.69, 9.17) is 9.47 Å². The molecule has 23 heavy (non-hydrogen) atoms. The zero-order chi connectivity index (χ0) is 17.1. The first-order valence-corrected chi connectivity index (χ1v) is 9.51. The first-order valence-electron chi connectivity index (χ1n) is 9.51. The van der Waals surface area contributed by atoms with Gasteiger partial charge in [0.1, 0.15) is 11.4 Å². The molecule has 0 saturated carbocycles. The predicted octanol–water partition coefficient (Wildman–Crippen LogP) is 5.92. The summed E-state index contributed by atoms with van der Waals surface area (Å²) in [6, 6.07) is 0. The lowest BCUT2D eigenvalue weighted by atomic mass is 10.0. The molecule has 134 valence electrons. The average molecular weight is 325 g/mol. The molecule has 3 heteroatoms.